The summed E-state index contributed by atoms with van der Waals surface area (Å²) in [6, 6.07) is 5.32. The molecule has 0 saturated heterocycles. The molecule has 0 aromatic heterocycles. The number of hydrogen-bond donors (Lipinski definition) is 3. The Hall–Kier alpha value is -2.52. The number of nitrogens with two attached hydrogens (primary N) is 1. The minimum absolute atomic E-state index is 0.226. The van der Waals surface area contributed by atoms with E-state index in [4.69, 9.17) is 10.5 Å². The van der Waals surface area contributed by atoms with Crippen molar-refractivity contribution in [1.82, 2.24) is 10.6 Å². The van der Waals surface area contributed by atoms with Crippen LogP contribution in [0.15, 0.2) is 24.3 Å². The first-order valence-corrected chi connectivity index (χ1v) is 7.36. The maximum absolute atomic E-state index is 12.2. The molecule has 6 nitrogen and oxygen atoms in total. The molecule has 1 aromatic carbocycles. The molecular weight excluding hydrogens is 294 g/mol. The first-order chi connectivity index (χ1) is 10.9. The van der Waals surface area contributed by atoms with Crippen molar-refractivity contribution in [2.24, 2.45) is 5.73 Å². The molecule has 0 aliphatic carbocycles. The van der Waals surface area contributed by atoms with Crippen molar-refractivity contribution in [3.05, 3.63) is 29.8 Å². The van der Waals surface area contributed by atoms with E-state index in [1.165, 1.54) is 7.05 Å². The van der Waals surface area contributed by atoms with E-state index in [0.29, 0.717) is 11.3 Å². The fourth-order valence-electron chi connectivity index (χ4n) is 1.94. The third-order valence-corrected chi connectivity index (χ3v) is 3.12. The molecule has 6 heteroatoms. The normalized spacial score (nSPS) is 13.8. The topological polar surface area (TPSA) is 93.4 Å². The zero-order valence-electron chi connectivity index (χ0n) is 13.8. The molecule has 23 heavy (non-hydrogen) atoms. The molecule has 0 spiro atoms. The van der Waals surface area contributed by atoms with E-state index in [-0.39, 0.29) is 17.9 Å². The number of likely N-dealkylation sites (N-methyl/N-ethyl adjacent to an activating group) is 1. The SMILES string of the molecule is CC#CC(C)Oc1ccc(C(=O)NC(C(=O)NC)C(C)N)cc1. The fourth-order valence-corrected chi connectivity index (χ4v) is 1.94. The largest absolute Gasteiger partial charge is 0.478 e. The lowest BCUT2D eigenvalue weighted by atomic mass is 10.1. The van der Waals surface area contributed by atoms with Gasteiger partial charge >= 0.3 is 0 Å². The van der Waals surface area contributed by atoms with E-state index in [1.807, 2.05) is 6.92 Å². The third-order valence-electron chi connectivity index (χ3n) is 3.12. The van der Waals surface area contributed by atoms with Crippen molar-refractivity contribution in [3.63, 3.8) is 0 Å². The van der Waals surface area contributed by atoms with E-state index in [2.05, 4.69) is 22.5 Å². The fraction of sp³-hybridized carbons (Fsp3) is 0.412. The third kappa shape index (κ3) is 5.64. The molecule has 1 rings (SSSR count). The second-order valence-electron chi connectivity index (χ2n) is 5.10. The molecule has 0 heterocycles. The van der Waals surface area contributed by atoms with Crippen LogP contribution in [0.2, 0.25) is 0 Å². The minimum atomic E-state index is -0.789. The Labute approximate surface area is 136 Å². The molecule has 124 valence electrons. The maximum Gasteiger partial charge on any atom is 0.251 e. The second kappa shape index (κ2) is 8.81. The summed E-state index contributed by atoms with van der Waals surface area (Å²) in [5.41, 5.74) is 6.16. The Bertz CT molecular complexity index is 600. The van der Waals surface area contributed by atoms with Crippen molar-refractivity contribution < 1.29 is 14.3 Å². The van der Waals surface area contributed by atoms with Crippen molar-refractivity contribution in [2.75, 3.05) is 7.05 Å². The van der Waals surface area contributed by atoms with Crippen LogP contribution in [-0.2, 0) is 4.79 Å². The Kier molecular flexibility index (Phi) is 7.10. The Morgan fingerprint density at radius 1 is 1.22 bits per heavy atom. The summed E-state index contributed by atoms with van der Waals surface area (Å²) < 4.78 is 5.57. The highest BCUT2D eigenvalue weighted by Gasteiger charge is 2.24. The van der Waals surface area contributed by atoms with Crippen LogP contribution in [0.4, 0.5) is 0 Å². The number of nitrogens with one attached hydrogen (secondary N) is 2. The van der Waals surface area contributed by atoms with E-state index in [0.717, 1.165) is 0 Å². The van der Waals surface area contributed by atoms with Gasteiger partial charge in [-0.05, 0) is 45.0 Å². The quantitative estimate of drug-likeness (QED) is 0.672. The molecule has 0 aliphatic rings. The van der Waals surface area contributed by atoms with E-state index in [9.17, 15) is 9.59 Å². The zero-order chi connectivity index (χ0) is 17.4. The first-order valence-electron chi connectivity index (χ1n) is 7.36. The highest BCUT2D eigenvalue weighted by Crippen LogP contribution is 2.14. The lowest BCUT2D eigenvalue weighted by Crippen LogP contribution is -2.54. The number of hydrogen-bond acceptors (Lipinski definition) is 4. The highest BCUT2D eigenvalue weighted by molar-refractivity contribution is 5.97. The lowest BCUT2D eigenvalue weighted by molar-refractivity contribution is -0.122. The Balaban J connectivity index is 2.76. The van der Waals surface area contributed by atoms with Crippen LogP contribution in [0, 0.1) is 11.8 Å². The smallest absolute Gasteiger partial charge is 0.251 e. The molecule has 0 aliphatic heterocycles. The van der Waals surface area contributed by atoms with Crippen molar-refractivity contribution in [2.45, 2.75) is 39.0 Å². The van der Waals surface area contributed by atoms with Crippen molar-refractivity contribution >= 4 is 11.8 Å². The predicted molar refractivity (Wildman–Crippen MR) is 89.0 cm³/mol. The van der Waals surface area contributed by atoms with Crippen LogP contribution >= 0.6 is 0 Å². The molecule has 0 fully saturated rings. The van der Waals surface area contributed by atoms with Gasteiger partial charge in [-0.3, -0.25) is 9.59 Å². The van der Waals surface area contributed by atoms with Crippen molar-refractivity contribution in [1.29, 1.82) is 0 Å². The Morgan fingerprint density at radius 2 is 1.83 bits per heavy atom. The van der Waals surface area contributed by atoms with Gasteiger partial charge in [0.1, 0.15) is 11.8 Å². The van der Waals surface area contributed by atoms with Gasteiger partial charge in [-0.1, -0.05) is 5.92 Å². The van der Waals surface area contributed by atoms with Gasteiger partial charge < -0.3 is 21.1 Å². The number of benzene rings is 1. The van der Waals surface area contributed by atoms with Gasteiger partial charge in [0.25, 0.3) is 5.91 Å². The van der Waals surface area contributed by atoms with Crippen LogP contribution in [0.25, 0.3) is 0 Å². The van der Waals surface area contributed by atoms with E-state index >= 15 is 0 Å². The number of amides is 2. The number of carbonyl (C=O) groups is 2. The van der Waals surface area contributed by atoms with Crippen LogP contribution in [0.5, 0.6) is 5.75 Å². The lowest BCUT2D eigenvalue weighted by Gasteiger charge is -2.20. The second-order valence-corrected chi connectivity index (χ2v) is 5.10. The summed E-state index contributed by atoms with van der Waals surface area (Å²) in [7, 11) is 1.50. The van der Waals surface area contributed by atoms with Crippen molar-refractivity contribution in [3.8, 4) is 17.6 Å². The van der Waals surface area contributed by atoms with Gasteiger partial charge in [-0.25, -0.2) is 0 Å². The van der Waals surface area contributed by atoms with Gasteiger partial charge in [-0.15, -0.1) is 5.92 Å². The molecular formula is C17H23N3O3. The van der Waals surface area contributed by atoms with Crippen LogP contribution in [0.1, 0.15) is 31.1 Å². The molecule has 2 amide bonds. The number of rotatable bonds is 6. The summed E-state index contributed by atoms with van der Waals surface area (Å²) in [5.74, 6) is 5.57. The first kappa shape index (κ1) is 18.5. The van der Waals surface area contributed by atoms with Gasteiger partial charge in [0, 0.05) is 18.7 Å². The predicted octanol–water partition coefficient (Wildman–Crippen LogP) is 0.669. The molecule has 3 unspecified atom stereocenters. The average molecular weight is 317 g/mol. The average Bonchev–Trinajstić information content (AvgIpc) is 2.52. The summed E-state index contributed by atoms with van der Waals surface area (Å²) >= 11 is 0. The highest BCUT2D eigenvalue weighted by atomic mass is 16.5. The molecule has 0 bridgehead atoms. The summed E-state index contributed by atoms with van der Waals surface area (Å²) in [6.07, 6.45) is -0.226. The van der Waals surface area contributed by atoms with Crippen LogP contribution in [0.3, 0.4) is 0 Å². The minimum Gasteiger partial charge on any atom is -0.478 e. The van der Waals surface area contributed by atoms with Gasteiger partial charge in [-0.2, -0.15) is 0 Å². The summed E-state index contributed by atoms with van der Waals surface area (Å²) in [4.78, 5) is 23.9. The Morgan fingerprint density at radius 3 is 2.30 bits per heavy atom. The van der Waals surface area contributed by atoms with Crippen LogP contribution < -0.4 is 21.1 Å². The number of ether oxygens (including phenoxy) is 1. The zero-order valence-corrected chi connectivity index (χ0v) is 13.8. The summed E-state index contributed by atoms with van der Waals surface area (Å²) in [5, 5.41) is 5.10. The maximum atomic E-state index is 12.2. The van der Waals surface area contributed by atoms with Crippen LogP contribution in [-0.4, -0.2) is 37.0 Å². The molecule has 1 aromatic rings. The van der Waals surface area contributed by atoms with E-state index in [1.54, 1.807) is 38.1 Å². The van der Waals surface area contributed by atoms with Gasteiger partial charge in [0.15, 0.2) is 6.10 Å². The molecule has 0 saturated carbocycles. The van der Waals surface area contributed by atoms with Gasteiger partial charge in [0.05, 0.1) is 0 Å². The van der Waals surface area contributed by atoms with Gasteiger partial charge in [0.2, 0.25) is 5.91 Å². The standard InChI is InChI=1S/C17H23N3O3/c1-5-6-11(2)23-14-9-7-13(8-10-14)16(21)20-15(12(3)18)17(22)19-4/h7-12,15H,18H2,1-4H3,(H,19,22)(H,20,21). The molecule has 3 atom stereocenters. The van der Waals surface area contributed by atoms with E-state index < -0.39 is 12.1 Å². The monoisotopic (exact) mass is 317 g/mol. The molecule has 4 N–H and O–H groups in total. The summed E-state index contributed by atoms with van der Waals surface area (Å²) in [6.45, 7) is 5.25. The molecule has 0 radical (unpaired) electrons. The number of carbonyl (C=O) groups excluding carboxylic acids is 2.